The minimum atomic E-state index is -0.410. The Labute approximate surface area is 152 Å². The first-order valence-electron chi connectivity index (χ1n) is 7.82. The number of thiocarbonyl (C=S) groups is 1. The van der Waals surface area contributed by atoms with E-state index in [1.54, 1.807) is 21.1 Å². The van der Waals surface area contributed by atoms with E-state index in [4.69, 9.17) is 26.4 Å². The van der Waals surface area contributed by atoms with Gasteiger partial charge in [0.05, 0.1) is 25.3 Å². The molecule has 0 saturated heterocycles. The predicted molar refractivity (Wildman–Crippen MR) is 100 cm³/mol. The number of esters is 1. The fourth-order valence-electron chi connectivity index (χ4n) is 2.44. The molecule has 134 valence electrons. The molecule has 25 heavy (non-hydrogen) atoms. The van der Waals surface area contributed by atoms with Crippen molar-refractivity contribution in [2.75, 3.05) is 27.4 Å². The number of carbonyl (C=O) groups excluding carboxylic acids is 1. The number of ether oxygens (including phenoxy) is 3. The minimum absolute atomic E-state index is 0.194. The van der Waals surface area contributed by atoms with Crippen molar-refractivity contribution in [1.82, 2.24) is 10.6 Å². The van der Waals surface area contributed by atoms with Crippen LogP contribution in [0.3, 0.4) is 0 Å². The summed E-state index contributed by atoms with van der Waals surface area (Å²) in [6.07, 6.45) is 3.75. The van der Waals surface area contributed by atoms with Crippen LogP contribution in [0.2, 0.25) is 0 Å². The lowest BCUT2D eigenvalue weighted by molar-refractivity contribution is -0.140. The van der Waals surface area contributed by atoms with Gasteiger partial charge in [-0.1, -0.05) is 30.4 Å². The zero-order valence-corrected chi connectivity index (χ0v) is 15.3. The molecule has 1 aromatic carbocycles. The van der Waals surface area contributed by atoms with Gasteiger partial charge in [-0.3, -0.25) is 0 Å². The highest BCUT2D eigenvalue weighted by Gasteiger charge is 2.28. The van der Waals surface area contributed by atoms with Gasteiger partial charge in [0.15, 0.2) is 5.11 Å². The lowest BCUT2D eigenvalue weighted by atomic mass is 10.0. The molecule has 1 unspecified atom stereocenters. The second-order valence-electron chi connectivity index (χ2n) is 5.34. The summed E-state index contributed by atoms with van der Waals surface area (Å²) in [4.78, 5) is 12.4. The molecule has 0 aliphatic carbocycles. The highest BCUT2D eigenvalue weighted by atomic mass is 32.1. The van der Waals surface area contributed by atoms with E-state index in [0.29, 0.717) is 23.0 Å². The fraction of sp³-hybridized carbons (Fsp3) is 0.333. The molecule has 2 N–H and O–H groups in total. The Kier molecular flexibility index (Phi) is 6.97. The van der Waals surface area contributed by atoms with Gasteiger partial charge < -0.3 is 24.8 Å². The van der Waals surface area contributed by atoms with Crippen LogP contribution in [0.4, 0.5) is 0 Å². The van der Waals surface area contributed by atoms with Crippen molar-refractivity contribution in [1.29, 1.82) is 0 Å². The summed E-state index contributed by atoms with van der Waals surface area (Å²) < 4.78 is 15.5. The van der Waals surface area contributed by atoms with Gasteiger partial charge in [0, 0.05) is 18.4 Å². The number of benzene rings is 1. The Bertz CT molecular complexity index is 700. The van der Waals surface area contributed by atoms with Crippen LogP contribution >= 0.6 is 12.2 Å². The van der Waals surface area contributed by atoms with E-state index in [1.165, 1.54) is 0 Å². The van der Waals surface area contributed by atoms with Gasteiger partial charge in [0.2, 0.25) is 0 Å². The second-order valence-corrected chi connectivity index (χ2v) is 5.75. The lowest BCUT2D eigenvalue weighted by Gasteiger charge is -2.27. The van der Waals surface area contributed by atoms with Gasteiger partial charge in [-0.2, -0.15) is 0 Å². The number of carbonyl (C=O) groups is 1. The molecular weight excluding hydrogens is 340 g/mol. The van der Waals surface area contributed by atoms with Crippen molar-refractivity contribution < 1.29 is 19.0 Å². The third-order valence-corrected chi connectivity index (χ3v) is 3.87. The third-order valence-electron chi connectivity index (χ3n) is 3.65. The number of rotatable bonds is 7. The van der Waals surface area contributed by atoms with E-state index in [2.05, 4.69) is 10.6 Å². The highest BCUT2D eigenvalue weighted by Crippen LogP contribution is 2.21. The van der Waals surface area contributed by atoms with Crippen LogP contribution in [0.15, 0.2) is 41.6 Å². The Morgan fingerprint density at radius 3 is 2.76 bits per heavy atom. The molecule has 0 fully saturated rings. The lowest BCUT2D eigenvalue weighted by Crippen LogP contribution is -2.49. The topological polar surface area (TPSA) is 68.8 Å². The number of para-hydroxylation sites is 1. The maximum Gasteiger partial charge on any atom is 0.338 e. The molecule has 0 spiro atoms. The van der Waals surface area contributed by atoms with Crippen LogP contribution in [0.5, 0.6) is 5.75 Å². The fourth-order valence-corrected chi connectivity index (χ4v) is 2.72. The first kappa shape index (κ1) is 19.0. The van der Waals surface area contributed by atoms with Crippen LogP contribution in [-0.2, 0) is 14.3 Å². The van der Waals surface area contributed by atoms with Crippen molar-refractivity contribution in [2.45, 2.75) is 13.0 Å². The number of hydrogen-bond acceptors (Lipinski definition) is 5. The first-order valence-corrected chi connectivity index (χ1v) is 8.23. The standard InChI is InChI=1S/C18H22N2O4S/c1-12-16(17(21)24-11-10-22-2)14(20-18(25)19-12)9-8-13-6-4-5-7-15(13)23-3/h4-9,14H,10-11H2,1-3H3,(H2,19,20,25). The van der Waals surface area contributed by atoms with Crippen LogP contribution in [0.25, 0.3) is 6.08 Å². The number of methoxy groups -OCH3 is 2. The summed E-state index contributed by atoms with van der Waals surface area (Å²) >= 11 is 5.20. The van der Waals surface area contributed by atoms with E-state index in [-0.39, 0.29) is 6.61 Å². The molecule has 6 nitrogen and oxygen atoms in total. The third kappa shape index (κ3) is 5.04. The molecule has 0 amide bonds. The minimum Gasteiger partial charge on any atom is -0.496 e. The second kappa shape index (κ2) is 9.19. The summed E-state index contributed by atoms with van der Waals surface area (Å²) in [7, 11) is 3.17. The molecule has 1 aliphatic rings. The van der Waals surface area contributed by atoms with Crippen molar-refractivity contribution >= 4 is 29.4 Å². The normalized spacial score (nSPS) is 17.2. The summed E-state index contributed by atoms with van der Waals surface area (Å²) in [6, 6.07) is 7.23. The van der Waals surface area contributed by atoms with Crippen LogP contribution in [0.1, 0.15) is 12.5 Å². The van der Waals surface area contributed by atoms with E-state index in [0.717, 1.165) is 11.3 Å². The Hall–Kier alpha value is -2.38. The van der Waals surface area contributed by atoms with E-state index in [9.17, 15) is 4.79 Å². The summed E-state index contributed by atoms with van der Waals surface area (Å²) in [5.74, 6) is 0.340. The van der Waals surface area contributed by atoms with E-state index in [1.807, 2.05) is 36.4 Å². The average Bonchev–Trinajstić information content (AvgIpc) is 2.59. The summed E-state index contributed by atoms with van der Waals surface area (Å²) in [6.45, 7) is 2.34. The van der Waals surface area contributed by atoms with Gasteiger partial charge in [0.1, 0.15) is 12.4 Å². The molecule has 0 radical (unpaired) electrons. The monoisotopic (exact) mass is 362 g/mol. The molecule has 0 bridgehead atoms. The van der Waals surface area contributed by atoms with Crippen molar-refractivity contribution in [2.24, 2.45) is 0 Å². The maximum absolute atomic E-state index is 12.4. The molecule has 1 heterocycles. The number of hydrogen-bond donors (Lipinski definition) is 2. The Balaban J connectivity index is 2.23. The van der Waals surface area contributed by atoms with Gasteiger partial charge >= 0.3 is 5.97 Å². The summed E-state index contributed by atoms with van der Waals surface area (Å²) in [5, 5.41) is 6.50. The smallest absolute Gasteiger partial charge is 0.338 e. The average molecular weight is 362 g/mol. The van der Waals surface area contributed by atoms with Gasteiger partial charge in [-0.25, -0.2) is 4.79 Å². The number of allylic oxidation sites excluding steroid dienone is 1. The zero-order chi connectivity index (χ0) is 18.2. The van der Waals surface area contributed by atoms with Crippen LogP contribution in [0, 0.1) is 0 Å². The largest absolute Gasteiger partial charge is 0.496 e. The summed E-state index contributed by atoms with van der Waals surface area (Å²) in [5.41, 5.74) is 2.05. The van der Waals surface area contributed by atoms with Crippen molar-refractivity contribution in [3.63, 3.8) is 0 Å². The highest BCUT2D eigenvalue weighted by molar-refractivity contribution is 7.80. The molecule has 7 heteroatoms. The first-order chi connectivity index (χ1) is 12.1. The molecule has 1 atom stereocenters. The van der Waals surface area contributed by atoms with Crippen LogP contribution < -0.4 is 15.4 Å². The van der Waals surface area contributed by atoms with Crippen molar-refractivity contribution in [3.8, 4) is 5.75 Å². The molecule has 0 saturated carbocycles. The van der Waals surface area contributed by atoms with Gasteiger partial charge in [-0.15, -0.1) is 0 Å². The maximum atomic E-state index is 12.4. The molecular formula is C18H22N2O4S. The molecule has 1 aliphatic heterocycles. The van der Waals surface area contributed by atoms with Crippen molar-refractivity contribution in [3.05, 3.63) is 47.2 Å². The van der Waals surface area contributed by atoms with E-state index < -0.39 is 12.0 Å². The Morgan fingerprint density at radius 1 is 1.28 bits per heavy atom. The SMILES string of the molecule is COCCOC(=O)C1=C(C)NC(=S)NC1C=Cc1ccccc1OC. The predicted octanol–water partition coefficient (Wildman–Crippen LogP) is 2.02. The Morgan fingerprint density at radius 2 is 2.04 bits per heavy atom. The molecule has 1 aromatic rings. The van der Waals surface area contributed by atoms with E-state index >= 15 is 0 Å². The van der Waals surface area contributed by atoms with Crippen LogP contribution in [-0.4, -0.2) is 44.6 Å². The van der Waals surface area contributed by atoms with Gasteiger partial charge in [-0.05, 0) is 25.2 Å². The molecule has 2 rings (SSSR count). The van der Waals surface area contributed by atoms with Gasteiger partial charge in [0.25, 0.3) is 0 Å². The zero-order valence-electron chi connectivity index (χ0n) is 14.5. The quantitative estimate of drug-likeness (QED) is 0.437. The number of nitrogens with one attached hydrogen (secondary N) is 2. The molecule has 0 aromatic heterocycles.